The largest absolute Gasteiger partial charge is 0.143 e. The molecule has 17 heavy (non-hydrogen) atoms. The quantitative estimate of drug-likeness (QED) is 0.596. The summed E-state index contributed by atoms with van der Waals surface area (Å²) in [7, 11) is 0. The summed E-state index contributed by atoms with van der Waals surface area (Å²) in [6.45, 7) is 4.32. The molecule has 0 saturated heterocycles. The highest BCUT2D eigenvalue weighted by Crippen LogP contribution is 2.36. The second kappa shape index (κ2) is 5.68. The van der Waals surface area contributed by atoms with Gasteiger partial charge in [0.05, 0.1) is 4.83 Å². The van der Waals surface area contributed by atoms with E-state index in [4.69, 9.17) is 0 Å². The van der Waals surface area contributed by atoms with Crippen molar-refractivity contribution >= 4 is 43.2 Å². The molecule has 0 aliphatic heterocycles. The number of aryl methyl sites for hydroxylation is 2. The Hall–Kier alpha value is -0.120. The number of halogens is 2. The van der Waals surface area contributed by atoms with Gasteiger partial charge in [-0.15, -0.1) is 11.3 Å². The third kappa shape index (κ3) is 3.21. The zero-order valence-corrected chi connectivity index (χ0v) is 13.8. The van der Waals surface area contributed by atoms with Gasteiger partial charge < -0.3 is 0 Å². The summed E-state index contributed by atoms with van der Waals surface area (Å²) in [6.07, 6.45) is 1.04. The van der Waals surface area contributed by atoms with Crippen molar-refractivity contribution in [2.24, 2.45) is 0 Å². The maximum absolute atomic E-state index is 3.79. The van der Waals surface area contributed by atoms with Gasteiger partial charge in [0.15, 0.2) is 0 Å². The van der Waals surface area contributed by atoms with E-state index >= 15 is 0 Å². The summed E-state index contributed by atoms with van der Waals surface area (Å²) in [6, 6.07) is 10.8. The lowest BCUT2D eigenvalue weighted by Gasteiger charge is -2.10. The Morgan fingerprint density at radius 2 is 1.94 bits per heavy atom. The van der Waals surface area contributed by atoms with E-state index in [9.17, 15) is 0 Å². The second-order valence-corrected chi connectivity index (χ2v) is 7.40. The third-order valence-corrected chi connectivity index (χ3v) is 6.22. The van der Waals surface area contributed by atoms with Gasteiger partial charge >= 0.3 is 0 Å². The fourth-order valence-corrected chi connectivity index (χ4v) is 4.07. The van der Waals surface area contributed by atoms with Crippen LogP contribution in [0.1, 0.15) is 25.7 Å². The first-order valence-corrected chi connectivity index (χ1v) is 8.05. The number of rotatable bonds is 3. The Labute approximate surface area is 123 Å². The SMILES string of the molecule is Cc1ccccc1CC(Br)c1cc(Br)c(C)s1. The summed E-state index contributed by atoms with van der Waals surface area (Å²) in [4.78, 5) is 3.13. The van der Waals surface area contributed by atoms with Crippen LogP contribution in [0.25, 0.3) is 0 Å². The molecule has 0 N–H and O–H groups in total. The van der Waals surface area contributed by atoms with Gasteiger partial charge in [0, 0.05) is 14.2 Å². The topological polar surface area (TPSA) is 0 Å². The van der Waals surface area contributed by atoms with Gasteiger partial charge in [-0.05, 0) is 53.4 Å². The molecule has 0 aliphatic rings. The van der Waals surface area contributed by atoms with Crippen LogP contribution in [0.2, 0.25) is 0 Å². The van der Waals surface area contributed by atoms with E-state index in [-0.39, 0.29) is 0 Å². The molecule has 1 atom stereocenters. The molecule has 1 aromatic carbocycles. The summed E-state index contributed by atoms with van der Waals surface area (Å²) in [5.41, 5.74) is 2.78. The van der Waals surface area contributed by atoms with Crippen molar-refractivity contribution in [2.45, 2.75) is 25.1 Å². The molecule has 2 rings (SSSR count). The average molecular weight is 374 g/mol. The fourth-order valence-electron chi connectivity index (χ4n) is 1.77. The lowest BCUT2D eigenvalue weighted by Crippen LogP contribution is -1.95. The lowest BCUT2D eigenvalue weighted by atomic mass is 10.0. The van der Waals surface area contributed by atoms with E-state index in [0.717, 1.165) is 6.42 Å². The molecule has 0 radical (unpaired) electrons. The number of thiophene rings is 1. The smallest absolute Gasteiger partial charge is 0.0530 e. The molecular weight excluding hydrogens is 360 g/mol. The molecule has 0 aliphatic carbocycles. The van der Waals surface area contributed by atoms with Crippen molar-refractivity contribution in [3.8, 4) is 0 Å². The van der Waals surface area contributed by atoms with Gasteiger partial charge in [-0.25, -0.2) is 0 Å². The Kier molecular flexibility index (Phi) is 4.45. The highest BCUT2D eigenvalue weighted by atomic mass is 79.9. The molecule has 1 unspecified atom stereocenters. The minimum Gasteiger partial charge on any atom is -0.143 e. The van der Waals surface area contributed by atoms with Crippen molar-refractivity contribution in [1.82, 2.24) is 0 Å². The van der Waals surface area contributed by atoms with Crippen molar-refractivity contribution in [2.75, 3.05) is 0 Å². The van der Waals surface area contributed by atoms with E-state index in [1.165, 1.54) is 25.4 Å². The molecule has 0 amide bonds. The molecule has 0 saturated carbocycles. The Morgan fingerprint density at radius 3 is 2.53 bits per heavy atom. The lowest BCUT2D eigenvalue weighted by molar-refractivity contribution is 0.957. The van der Waals surface area contributed by atoms with Crippen LogP contribution in [0, 0.1) is 13.8 Å². The zero-order valence-electron chi connectivity index (χ0n) is 9.84. The molecule has 0 bridgehead atoms. The predicted octanol–water partition coefficient (Wildman–Crippen LogP) is 5.81. The predicted molar refractivity (Wildman–Crippen MR) is 83.3 cm³/mol. The van der Waals surface area contributed by atoms with Gasteiger partial charge in [-0.1, -0.05) is 40.2 Å². The van der Waals surface area contributed by atoms with Crippen LogP contribution >= 0.6 is 43.2 Å². The number of benzene rings is 1. The monoisotopic (exact) mass is 372 g/mol. The summed E-state index contributed by atoms with van der Waals surface area (Å²) in [5, 5.41) is 0. The summed E-state index contributed by atoms with van der Waals surface area (Å²) < 4.78 is 1.21. The van der Waals surface area contributed by atoms with E-state index in [0.29, 0.717) is 4.83 Å². The van der Waals surface area contributed by atoms with Crippen LogP contribution in [0.4, 0.5) is 0 Å². The minimum absolute atomic E-state index is 0.401. The number of alkyl halides is 1. The van der Waals surface area contributed by atoms with E-state index in [2.05, 4.69) is 76.0 Å². The molecule has 90 valence electrons. The molecule has 2 aromatic rings. The van der Waals surface area contributed by atoms with Crippen LogP contribution < -0.4 is 0 Å². The summed E-state index contributed by atoms with van der Waals surface area (Å²) >= 11 is 9.22. The van der Waals surface area contributed by atoms with E-state index in [1.807, 2.05) is 11.3 Å². The number of hydrogen-bond acceptors (Lipinski definition) is 1. The second-order valence-electron chi connectivity index (χ2n) is 4.15. The molecule has 0 spiro atoms. The first-order valence-electron chi connectivity index (χ1n) is 5.52. The van der Waals surface area contributed by atoms with Crippen LogP contribution in [-0.2, 0) is 6.42 Å². The van der Waals surface area contributed by atoms with Gasteiger partial charge in [-0.3, -0.25) is 0 Å². The first kappa shape index (κ1) is 13.3. The van der Waals surface area contributed by atoms with Crippen molar-refractivity contribution in [3.63, 3.8) is 0 Å². The molecule has 1 aromatic heterocycles. The molecule has 3 heteroatoms. The van der Waals surface area contributed by atoms with Gasteiger partial charge in [0.1, 0.15) is 0 Å². The van der Waals surface area contributed by atoms with Gasteiger partial charge in [0.2, 0.25) is 0 Å². The normalized spacial score (nSPS) is 12.7. The van der Waals surface area contributed by atoms with Crippen molar-refractivity contribution in [3.05, 3.63) is 55.7 Å². The molecule has 0 fully saturated rings. The zero-order chi connectivity index (χ0) is 12.4. The first-order chi connectivity index (χ1) is 8.08. The highest BCUT2D eigenvalue weighted by molar-refractivity contribution is 9.10. The minimum atomic E-state index is 0.401. The highest BCUT2D eigenvalue weighted by Gasteiger charge is 2.13. The van der Waals surface area contributed by atoms with Crippen molar-refractivity contribution < 1.29 is 0 Å². The standard InChI is InChI=1S/C14H14Br2S/c1-9-5-3-4-6-11(9)7-13(16)14-8-12(15)10(2)17-14/h3-6,8,13H,7H2,1-2H3. The molecule has 1 heterocycles. The van der Waals surface area contributed by atoms with Crippen LogP contribution in [-0.4, -0.2) is 0 Å². The average Bonchev–Trinajstić information content (AvgIpc) is 2.63. The third-order valence-electron chi connectivity index (χ3n) is 2.85. The Balaban J connectivity index is 2.17. The Morgan fingerprint density at radius 1 is 1.24 bits per heavy atom. The number of hydrogen-bond donors (Lipinski definition) is 0. The van der Waals surface area contributed by atoms with E-state index in [1.54, 1.807) is 0 Å². The van der Waals surface area contributed by atoms with E-state index < -0.39 is 0 Å². The van der Waals surface area contributed by atoms with Gasteiger partial charge in [-0.2, -0.15) is 0 Å². The van der Waals surface area contributed by atoms with Crippen LogP contribution in [0.15, 0.2) is 34.8 Å². The van der Waals surface area contributed by atoms with Crippen molar-refractivity contribution in [1.29, 1.82) is 0 Å². The molecule has 0 nitrogen and oxygen atoms in total. The Bertz CT molecular complexity index is 497. The van der Waals surface area contributed by atoms with Crippen LogP contribution in [0.3, 0.4) is 0 Å². The summed E-state index contributed by atoms with van der Waals surface area (Å²) in [5.74, 6) is 0. The van der Waals surface area contributed by atoms with Gasteiger partial charge in [0.25, 0.3) is 0 Å². The molecular formula is C14H14Br2S. The van der Waals surface area contributed by atoms with Crippen LogP contribution in [0.5, 0.6) is 0 Å². The fraction of sp³-hybridized carbons (Fsp3) is 0.286. The maximum atomic E-state index is 3.79. The maximum Gasteiger partial charge on any atom is 0.0530 e.